The number of nitrogens with zero attached hydrogens (tertiary/aromatic N) is 1. The summed E-state index contributed by atoms with van der Waals surface area (Å²) in [5, 5.41) is 0. The molecule has 1 aliphatic rings. The summed E-state index contributed by atoms with van der Waals surface area (Å²) in [7, 11) is 0. The Kier molecular flexibility index (Phi) is 4.99. The summed E-state index contributed by atoms with van der Waals surface area (Å²) in [4.78, 5) is 17.5. The summed E-state index contributed by atoms with van der Waals surface area (Å²) in [6, 6.07) is 15.9. The van der Waals surface area contributed by atoms with Crippen LogP contribution < -0.4 is 0 Å². The first-order valence-corrected chi connectivity index (χ1v) is 9.53. The van der Waals surface area contributed by atoms with Crippen molar-refractivity contribution in [1.82, 2.24) is 4.98 Å². The average Bonchev–Trinajstić information content (AvgIpc) is 3.35. The van der Waals surface area contributed by atoms with Crippen LogP contribution in [0.25, 0.3) is 11.5 Å². The SMILES string of the molecule is Cc1oc(-c2ccccc2)nc1COC(=O)C1(c2cccc(F)c2)CCCC1. The monoisotopic (exact) mass is 379 g/mol. The van der Waals surface area contributed by atoms with Gasteiger partial charge in [-0.15, -0.1) is 0 Å². The molecular weight excluding hydrogens is 357 g/mol. The van der Waals surface area contributed by atoms with Gasteiger partial charge in [0.05, 0.1) is 5.41 Å². The van der Waals surface area contributed by atoms with Crippen molar-refractivity contribution in [3.8, 4) is 11.5 Å². The Labute approximate surface area is 163 Å². The molecule has 1 fully saturated rings. The van der Waals surface area contributed by atoms with Crippen LogP contribution in [-0.2, 0) is 21.6 Å². The molecule has 1 aliphatic carbocycles. The standard InChI is InChI=1S/C23H22FNO3/c1-16-20(25-21(28-16)17-8-3-2-4-9-17)15-27-22(26)23(12-5-6-13-23)18-10-7-11-19(24)14-18/h2-4,7-11,14H,5-6,12-13,15H2,1H3. The highest BCUT2D eigenvalue weighted by molar-refractivity contribution is 5.83. The van der Waals surface area contributed by atoms with Gasteiger partial charge in [0.2, 0.25) is 5.89 Å². The maximum atomic E-state index is 13.7. The van der Waals surface area contributed by atoms with Crippen molar-refractivity contribution in [3.63, 3.8) is 0 Å². The van der Waals surface area contributed by atoms with Crippen LogP contribution in [0.1, 0.15) is 42.7 Å². The topological polar surface area (TPSA) is 52.3 Å². The smallest absolute Gasteiger partial charge is 0.316 e. The van der Waals surface area contributed by atoms with E-state index in [1.807, 2.05) is 36.4 Å². The van der Waals surface area contributed by atoms with E-state index in [1.54, 1.807) is 13.0 Å². The molecular formula is C23H22FNO3. The molecule has 2 aromatic carbocycles. The second-order valence-electron chi connectivity index (χ2n) is 7.26. The molecule has 0 unspecified atom stereocenters. The number of ether oxygens (including phenoxy) is 1. The number of hydrogen-bond donors (Lipinski definition) is 0. The lowest BCUT2D eigenvalue weighted by Crippen LogP contribution is -2.34. The van der Waals surface area contributed by atoms with Gasteiger partial charge in [0.1, 0.15) is 23.9 Å². The van der Waals surface area contributed by atoms with Crippen molar-refractivity contribution < 1.29 is 18.3 Å². The Balaban J connectivity index is 1.53. The molecule has 28 heavy (non-hydrogen) atoms. The molecule has 0 saturated heterocycles. The van der Waals surface area contributed by atoms with Crippen LogP contribution >= 0.6 is 0 Å². The molecule has 0 bridgehead atoms. The van der Waals surface area contributed by atoms with Crippen LogP contribution in [0.15, 0.2) is 59.0 Å². The van der Waals surface area contributed by atoms with Gasteiger partial charge in [-0.25, -0.2) is 9.37 Å². The van der Waals surface area contributed by atoms with E-state index in [2.05, 4.69) is 4.98 Å². The van der Waals surface area contributed by atoms with Crippen molar-refractivity contribution in [1.29, 1.82) is 0 Å². The highest BCUT2D eigenvalue weighted by atomic mass is 19.1. The Morgan fingerprint density at radius 3 is 2.61 bits per heavy atom. The normalized spacial score (nSPS) is 15.5. The van der Waals surface area contributed by atoms with Crippen LogP contribution in [0.5, 0.6) is 0 Å². The highest BCUT2D eigenvalue weighted by Crippen LogP contribution is 2.42. The van der Waals surface area contributed by atoms with Crippen molar-refractivity contribution in [2.24, 2.45) is 0 Å². The third-order valence-corrected chi connectivity index (χ3v) is 5.48. The Hall–Kier alpha value is -2.95. The number of benzene rings is 2. The second kappa shape index (κ2) is 7.58. The summed E-state index contributed by atoms with van der Waals surface area (Å²) >= 11 is 0. The van der Waals surface area contributed by atoms with E-state index >= 15 is 0 Å². The largest absolute Gasteiger partial charge is 0.458 e. The van der Waals surface area contributed by atoms with E-state index < -0.39 is 5.41 Å². The predicted octanol–water partition coefficient (Wildman–Crippen LogP) is 5.34. The molecule has 1 heterocycles. The van der Waals surface area contributed by atoms with Gasteiger partial charge >= 0.3 is 5.97 Å². The van der Waals surface area contributed by atoms with E-state index in [4.69, 9.17) is 9.15 Å². The third kappa shape index (κ3) is 3.44. The summed E-state index contributed by atoms with van der Waals surface area (Å²) < 4.78 is 25.1. The highest BCUT2D eigenvalue weighted by Gasteiger charge is 2.44. The van der Waals surface area contributed by atoms with Crippen LogP contribution in [0.4, 0.5) is 4.39 Å². The summed E-state index contributed by atoms with van der Waals surface area (Å²) in [6.07, 6.45) is 3.18. The van der Waals surface area contributed by atoms with Crippen molar-refractivity contribution in [2.45, 2.75) is 44.6 Å². The maximum Gasteiger partial charge on any atom is 0.316 e. The maximum absolute atomic E-state index is 13.7. The quantitative estimate of drug-likeness (QED) is 0.561. The lowest BCUT2D eigenvalue weighted by atomic mass is 9.79. The second-order valence-corrected chi connectivity index (χ2v) is 7.26. The molecule has 0 N–H and O–H groups in total. The number of aromatic nitrogens is 1. The van der Waals surface area contributed by atoms with Crippen molar-refractivity contribution >= 4 is 5.97 Å². The summed E-state index contributed by atoms with van der Waals surface area (Å²) in [6.45, 7) is 1.85. The number of carbonyl (C=O) groups excluding carboxylic acids is 1. The number of halogens is 1. The van der Waals surface area contributed by atoms with Gasteiger partial charge in [0.15, 0.2) is 0 Å². The fraction of sp³-hybridized carbons (Fsp3) is 0.304. The molecule has 4 nitrogen and oxygen atoms in total. The lowest BCUT2D eigenvalue weighted by Gasteiger charge is -2.27. The molecule has 0 radical (unpaired) electrons. The summed E-state index contributed by atoms with van der Waals surface area (Å²) in [5.74, 6) is 0.471. The average molecular weight is 379 g/mol. The van der Waals surface area contributed by atoms with Crippen molar-refractivity contribution in [3.05, 3.63) is 77.4 Å². The van der Waals surface area contributed by atoms with Gasteiger partial charge in [0.25, 0.3) is 0 Å². The molecule has 3 aromatic rings. The molecule has 5 heteroatoms. The number of hydrogen-bond acceptors (Lipinski definition) is 4. The van der Waals surface area contributed by atoms with Gasteiger partial charge in [-0.05, 0) is 49.6 Å². The molecule has 0 amide bonds. The van der Waals surface area contributed by atoms with Crippen LogP contribution in [-0.4, -0.2) is 11.0 Å². The van der Waals surface area contributed by atoms with Gasteiger partial charge in [0, 0.05) is 5.56 Å². The van der Waals surface area contributed by atoms with Gasteiger partial charge < -0.3 is 9.15 Å². The van der Waals surface area contributed by atoms with Crippen LogP contribution in [0.3, 0.4) is 0 Å². The number of carbonyl (C=O) groups is 1. The van der Waals surface area contributed by atoms with E-state index in [0.29, 0.717) is 35.7 Å². The molecule has 4 rings (SSSR count). The first-order valence-electron chi connectivity index (χ1n) is 9.53. The van der Waals surface area contributed by atoms with E-state index in [-0.39, 0.29) is 18.4 Å². The minimum atomic E-state index is -0.776. The number of oxazole rings is 1. The molecule has 0 atom stereocenters. The lowest BCUT2D eigenvalue weighted by molar-refractivity contribution is -0.152. The van der Waals surface area contributed by atoms with E-state index in [0.717, 1.165) is 18.4 Å². The first-order chi connectivity index (χ1) is 13.6. The van der Waals surface area contributed by atoms with Crippen LogP contribution in [0, 0.1) is 12.7 Å². The zero-order chi connectivity index (χ0) is 19.6. The Morgan fingerprint density at radius 1 is 1.14 bits per heavy atom. The molecule has 0 aliphatic heterocycles. The number of aryl methyl sites for hydroxylation is 1. The van der Waals surface area contributed by atoms with E-state index in [1.165, 1.54) is 12.1 Å². The third-order valence-electron chi connectivity index (χ3n) is 5.48. The molecule has 144 valence electrons. The van der Waals surface area contributed by atoms with Gasteiger partial charge in [-0.1, -0.05) is 43.2 Å². The molecule has 0 spiro atoms. The van der Waals surface area contributed by atoms with Gasteiger partial charge in [-0.2, -0.15) is 0 Å². The zero-order valence-corrected chi connectivity index (χ0v) is 15.8. The minimum Gasteiger partial charge on any atom is -0.458 e. The van der Waals surface area contributed by atoms with E-state index in [9.17, 15) is 9.18 Å². The predicted molar refractivity (Wildman–Crippen MR) is 103 cm³/mol. The zero-order valence-electron chi connectivity index (χ0n) is 15.8. The first kappa shape index (κ1) is 18.4. The van der Waals surface area contributed by atoms with Crippen LogP contribution in [0.2, 0.25) is 0 Å². The van der Waals surface area contributed by atoms with Crippen molar-refractivity contribution in [2.75, 3.05) is 0 Å². The summed E-state index contributed by atoms with van der Waals surface area (Å²) in [5.41, 5.74) is 1.38. The number of esters is 1. The molecule has 1 aromatic heterocycles. The molecule has 1 saturated carbocycles. The fourth-order valence-electron chi connectivity index (χ4n) is 3.91. The number of rotatable bonds is 5. The van der Waals surface area contributed by atoms with Gasteiger partial charge in [-0.3, -0.25) is 4.79 Å². The minimum absolute atomic E-state index is 0.0397. The Morgan fingerprint density at radius 2 is 1.89 bits per heavy atom. The fourth-order valence-corrected chi connectivity index (χ4v) is 3.91. The Bertz CT molecular complexity index is 975.